The third-order valence-corrected chi connectivity index (χ3v) is 5.68. The molecule has 1 fully saturated rings. The second-order valence-electron chi connectivity index (χ2n) is 6.08. The minimum atomic E-state index is -3.36. The van der Waals surface area contributed by atoms with Gasteiger partial charge >= 0.3 is 0 Å². The molecule has 1 aromatic rings. The van der Waals surface area contributed by atoms with Crippen LogP contribution >= 0.6 is 0 Å². The van der Waals surface area contributed by atoms with Crippen molar-refractivity contribution in [3.8, 4) is 0 Å². The van der Waals surface area contributed by atoms with E-state index >= 15 is 0 Å². The lowest BCUT2D eigenvalue weighted by atomic mass is 10.0. The van der Waals surface area contributed by atoms with E-state index in [1.54, 1.807) is 0 Å². The van der Waals surface area contributed by atoms with Crippen molar-refractivity contribution in [3.05, 3.63) is 35.1 Å². The van der Waals surface area contributed by atoms with Crippen LogP contribution in [0, 0.1) is 17.5 Å². The first-order chi connectivity index (χ1) is 11.7. The molecule has 9 heteroatoms. The van der Waals surface area contributed by atoms with E-state index < -0.39 is 38.9 Å². The predicted octanol–water partition coefficient (Wildman–Crippen LogP) is 2.43. The van der Waals surface area contributed by atoms with Crippen LogP contribution in [0.25, 0.3) is 0 Å². The van der Waals surface area contributed by atoms with Gasteiger partial charge < -0.3 is 4.90 Å². The molecular formula is C16H21F3N2O3S. The number of piperidine rings is 1. The summed E-state index contributed by atoms with van der Waals surface area (Å²) in [5.74, 6) is -5.21. The maximum atomic E-state index is 13.7. The quantitative estimate of drug-likeness (QED) is 0.773. The van der Waals surface area contributed by atoms with Gasteiger partial charge in [0.1, 0.15) is 0 Å². The van der Waals surface area contributed by atoms with E-state index in [9.17, 15) is 26.4 Å². The van der Waals surface area contributed by atoms with E-state index in [-0.39, 0.29) is 24.9 Å². The summed E-state index contributed by atoms with van der Waals surface area (Å²) < 4.78 is 66.3. The summed E-state index contributed by atoms with van der Waals surface area (Å²) in [6.45, 7) is 2.31. The monoisotopic (exact) mass is 378 g/mol. The van der Waals surface area contributed by atoms with E-state index in [4.69, 9.17) is 0 Å². The summed E-state index contributed by atoms with van der Waals surface area (Å²) in [6, 6.07) is 1.33. The zero-order chi connectivity index (χ0) is 18.6. The van der Waals surface area contributed by atoms with Gasteiger partial charge in [0, 0.05) is 19.1 Å². The van der Waals surface area contributed by atoms with Gasteiger partial charge in [-0.15, -0.1) is 0 Å². The van der Waals surface area contributed by atoms with Crippen LogP contribution in [0.3, 0.4) is 0 Å². The minimum Gasteiger partial charge on any atom is -0.338 e. The van der Waals surface area contributed by atoms with Crippen LogP contribution in [0.4, 0.5) is 13.2 Å². The van der Waals surface area contributed by atoms with Crippen molar-refractivity contribution < 1.29 is 26.4 Å². The molecule has 0 spiro atoms. The fourth-order valence-corrected chi connectivity index (χ4v) is 4.24. The molecule has 1 aliphatic heterocycles. The number of unbranched alkanes of at least 4 members (excludes halogenated alkanes) is 1. The molecule has 0 atom stereocenters. The number of carbonyl (C=O) groups is 1. The molecule has 0 radical (unpaired) electrons. The van der Waals surface area contributed by atoms with Crippen molar-refractivity contribution in [1.29, 1.82) is 0 Å². The number of sulfonamides is 1. The van der Waals surface area contributed by atoms with Gasteiger partial charge in [-0.05, 0) is 31.4 Å². The topological polar surface area (TPSA) is 66.5 Å². The van der Waals surface area contributed by atoms with Gasteiger partial charge in [0.05, 0.1) is 11.3 Å². The number of hydrogen-bond donors (Lipinski definition) is 1. The number of benzene rings is 1. The van der Waals surface area contributed by atoms with Crippen molar-refractivity contribution in [3.63, 3.8) is 0 Å². The van der Waals surface area contributed by atoms with Crippen molar-refractivity contribution in [2.45, 2.75) is 38.6 Å². The first-order valence-electron chi connectivity index (χ1n) is 8.18. The van der Waals surface area contributed by atoms with Crippen LogP contribution in [-0.2, 0) is 10.0 Å². The number of hydrogen-bond acceptors (Lipinski definition) is 3. The molecule has 0 unspecified atom stereocenters. The molecule has 1 heterocycles. The summed E-state index contributed by atoms with van der Waals surface area (Å²) in [5.41, 5.74) is -0.527. The standard InChI is InChI=1S/C16H21F3N2O3S/c1-2-3-10-25(23,24)20-11-6-8-21(9-7-11)16(22)12-4-5-13(17)15(19)14(12)18/h4-5,11,20H,2-3,6-10H2,1H3. The highest BCUT2D eigenvalue weighted by Gasteiger charge is 2.28. The van der Waals surface area contributed by atoms with Gasteiger partial charge in [-0.3, -0.25) is 4.79 Å². The average Bonchev–Trinajstić information content (AvgIpc) is 2.58. The predicted molar refractivity (Wildman–Crippen MR) is 87.1 cm³/mol. The molecule has 1 saturated heterocycles. The fraction of sp³-hybridized carbons (Fsp3) is 0.562. The Bertz CT molecular complexity index is 732. The third-order valence-electron chi connectivity index (χ3n) is 4.16. The van der Waals surface area contributed by atoms with Crippen molar-refractivity contribution in [1.82, 2.24) is 9.62 Å². The molecule has 25 heavy (non-hydrogen) atoms. The lowest BCUT2D eigenvalue weighted by molar-refractivity contribution is 0.0705. The SMILES string of the molecule is CCCCS(=O)(=O)NC1CCN(C(=O)c2ccc(F)c(F)c2F)CC1. The highest BCUT2D eigenvalue weighted by atomic mass is 32.2. The second-order valence-corrected chi connectivity index (χ2v) is 7.95. The van der Waals surface area contributed by atoms with Crippen molar-refractivity contribution in [2.24, 2.45) is 0 Å². The summed E-state index contributed by atoms with van der Waals surface area (Å²) in [7, 11) is -3.36. The Morgan fingerprint density at radius 2 is 1.84 bits per heavy atom. The van der Waals surface area contributed by atoms with Gasteiger partial charge in [-0.2, -0.15) is 0 Å². The van der Waals surface area contributed by atoms with Gasteiger partial charge in [0.25, 0.3) is 5.91 Å². The zero-order valence-corrected chi connectivity index (χ0v) is 14.7. The molecule has 1 N–H and O–H groups in total. The molecule has 0 bridgehead atoms. The lowest BCUT2D eigenvalue weighted by Gasteiger charge is -2.32. The summed E-state index contributed by atoms with van der Waals surface area (Å²) in [6.07, 6.45) is 2.10. The summed E-state index contributed by atoms with van der Waals surface area (Å²) in [5, 5.41) is 0. The third kappa shape index (κ3) is 4.94. The summed E-state index contributed by atoms with van der Waals surface area (Å²) in [4.78, 5) is 13.6. The van der Waals surface area contributed by atoms with Crippen LogP contribution in [0.5, 0.6) is 0 Å². The fourth-order valence-electron chi connectivity index (χ4n) is 2.71. The number of halogens is 3. The molecule has 140 valence electrons. The summed E-state index contributed by atoms with van der Waals surface area (Å²) >= 11 is 0. The first kappa shape index (κ1) is 19.7. The average molecular weight is 378 g/mol. The van der Waals surface area contributed by atoms with E-state index in [1.165, 1.54) is 4.90 Å². The first-order valence-corrected chi connectivity index (χ1v) is 9.83. The van der Waals surface area contributed by atoms with Crippen LogP contribution in [0.2, 0.25) is 0 Å². The number of likely N-dealkylation sites (tertiary alicyclic amines) is 1. The van der Waals surface area contributed by atoms with E-state index in [1.807, 2.05) is 6.92 Å². The molecule has 1 amide bonds. The lowest BCUT2D eigenvalue weighted by Crippen LogP contribution is -2.47. The van der Waals surface area contributed by atoms with Crippen LogP contribution in [0.1, 0.15) is 43.0 Å². The largest absolute Gasteiger partial charge is 0.338 e. The maximum absolute atomic E-state index is 13.7. The van der Waals surface area contributed by atoms with E-state index in [0.717, 1.165) is 12.5 Å². The molecule has 0 aliphatic carbocycles. The van der Waals surface area contributed by atoms with Crippen molar-refractivity contribution >= 4 is 15.9 Å². The Morgan fingerprint density at radius 1 is 1.20 bits per heavy atom. The number of nitrogens with one attached hydrogen (secondary N) is 1. The molecule has 0 saturated carbocycles. The minimum absolute atomic E-state index is 0.0582. The highest BCUT2D eigenvalue weighted by molar-refractivity contribution is 7.89. The van der Waals surface area contributed by atoms with Gasteiger partial charge in [-0.25, -0.2) is 26.3 Å². The Balaban J connectivity index is 1.96. The molecule has 0 aromatic heterocycles. The highest BCUT2D eigenvalue weighted by Crippen LogP contribution is 2.20. The van der Waals surface area contributed by atoms with Crippen LogP contribution in [0.15, 0.2) is 12.1 Å². The zero-order valence-electron chi connectivity index (χ0n) is 13.9. The maximum Gasteiger partial charge on any atom is 0.256 e. The Kier molecular flexibility index (Phi) is 6.45. The van der Waals surface area contributed by atoms with Gasteiger partial charge in [-0.1, -0.05) is 13.3 Å². The molecular weight excluding hydrogens is 357 g/mol. The van der Waals surface area contributed by atoms with Gasteiger partial charge in [0.15, 0.2) is 17.5 Å². The van der Waals surface area contributed by atoms with Crippen LogP contribution in [-0.4, -0.2) is 44.1 Å². The van der Waals surface area contributed by atoms with Crippen molar-refractivity contribution in [2.75, 3.05) is 18.8 Å². The molecule has 1 aliphatic rings. The number of nitrogens with zero attached hydrogens (tertiary/aromatic N) is 1. The molecule has 2 rings (SSSR count). The normalized spacial score (nSPS) is 16.2. The number of rotatable bonds is 6. The van der Waals surface area contributed by atoms with Crippen LogP contribution < -0.4 is 4.72 Å². The number of carbonyl (C=O) groups excluding carboxylic acids is 1. The van der Waals surface area contributed by atoms with E-state index in [0.29, 0.717) is 25.3 Å². The molecule has 1 aromatic carbocycles. The Morgan fingerprint density at radius 3 is 2.44 bits per heavy atom. The Labute approximate surface area is 145 Å². The van der Waals surface area contributed by atoms with E-state index in [2.05, 4.69) is 4.72 Å². The number of amides is 1. The molecule has 5 nitrogen and oxygen atoms in total. The second kappa shape index (κ2) is 8.18. The Hall–Kier alpha value is -1.61. The smallest absolute Gasteiger partial charge is 0.256 e. The van der Waals surface area contributed by atoms with Gasteiger partial charge in [0.2, 0.25) is 10.0 Å².